The zero-order valence-corrected chi connectivity index (χ0v) is 17.8. The third-order valence-corrected chi connectivity index (χ3v) is 7.34. The van der Waals surface area contributed by atoms with Crippen LogP contribution in [0, 0.1) is 12.8 Å². The van der Waals surface area contributed by atoms with E-state index in [9.17, 15) is 4.79 Å². The number of carbonyl (C=O) groups excluding carboxylic acids is 1. The van der Waals surface area contributed by atoms with Crippen LogP contribution in [0.4, 0.5) is 0 Å². The lowest BCUT2D eigenvalue weighted by Gasteiger charge is -2.44. The molecule has 2 fully saturated rings. The number of hydrogen-bond donors (Lipinski definition) is 0. The molecule has 4 heterocycles. The van der Waals surface area contributed by atoms with E-state index in [1.54, 1.807) is 0 Å². The van der Waals surface area contributed by atoms with Crippen LogP contribution in [0.2, 0.25) is 0 Å². The number of piperidine rings is 1. The number of aryl methyl sites for hydroxylation is 1. The Morgan fingerprint density at radius 1 is 1.27 bits per heavy atom. The molecule has 3 aliphatic rings. The summed E-state index contributed by atoms with van der Waals surface area (Å²) in [5.41, 5.74) is 3.45. The summed E-state index contributed by atoms with van der Waals surface area (Å²) >= 11 is 1.52. The Balaban J connectivity index is 1.33. The van der Waals surface area contributed by atoms with E-state index in [1.807, 2.05) is 41.7 Å². The van der Waals surface area contributed by atoms with Crippen LogP contribution in [0.25, 0.3) is 11.3 Å². The van der Waals surface area contributed by atoms with Crippen molar-refractivity contribution in [3.05, 3.63) is 52.4 Å². The minimum Gasteiger partial charge on any atom is -0.480 e. The highest BCUT2D eigenvalue weighted by Crippen LogP contribution is 2.49. The van der Waals surface area contributed by atoms with Gasteiger partial charge >= 0.3 is 0 Å². The number of aromatic nitrogens is 3. The van der Waals surface area contributed by atoms with Crippen molar-refractivity contribution in [3.8, 4) is 17.0 Å². The largest absolute Gasteiger partial charge is 0.480 e. The molecule has 0 atom stereocenters. The second-order valence-electron chi connectivity index (χ2n) is 8.67. The zero-order valence-electron chi connectivity index (χ0n) is 17.0. The van der Waals surface area contributed by atoms with Crippen LogP contribution >= 0.6 is 11.3 Å². The van der Waals surface area contributed by atoms with Crippen molar-refractivity contribution in [3.63, 3.8) is 0 Å². The molecule has 154 valence electrons. The number of imidazole rings is 1. The fourth-order valence-corrected chi connectivity index (χ4v) is 5.40. The minimum atomic E-state index is -0.427. The molecular formula is C23H24N4O2S. The van der Waals surface area contributed by atoms with Crippen LogP contribution in [0.5, 0.6) is 5.75 Å². The number of benzene rings is 1. The molecule has 2 aromatic heterocycles. The SMILES string of the molecule is Cc1nc(C(=O)N2CCC3(CC2)Oc2ccccc2-c2ncn(CC4CC4)c23)cs1. The number of fused-ring (bicyclic) bond motifs is 4. The number of nitrogens with zero attached hydrogens (tertiary/aromatic N) is 4. The molecule has 1 aromatic carbocycles. The average molecular weight is 421 g/mol. The van der Waals surface area contributed by atoms with Crippen LogP contribution in [0.15, 0.2) is 36.0 Å². The number of para-hydroxylation sites is 1. The molecule has 0 radical (unpaired) electrons. The minimum absolute atomic E-state index is 0.0251. The third-order valence-electron chi connectivity index (χ3n) is 6.57. The summed E-state index contributed by atoms with van der Waals surface area (Å²) in [4.78, 5) is 24.0. The van der Waals surface area contributed by atoms with E-state index >= 15 is 0 Å². The Morgan fingerprint density at radius 3 is 2.80 bits per heavy atom. The van der Waals surface area contributed by atoms with Gasteiger partial charge in [0.1, 0.15) is 11.4 Å². The Labute approximate surface area is 179 Å². The van der Waals surface area contributed by atoms with E-state index in [4.69, 9.17) is 9.72 Å². The van der Waals surface area contributed by atoms with Gasteiger partial charge in [-0.1, -0.05) is 12.1 Å². The maximum Gasteiger partial charge on any atom is 0.273 e. The van der Waals surface area contributed by atoms with Crippen molar-refractivity contribution in [2.24, 2.45) is 5.92 Å². The van der Waals surface area contributed by atoms with Crippen molar-refractivity contribution in [1.82, 2.24) is 19.4 Å². The van der Waals surface area contributed by atoms with Crippen molar-refractivity contribution < 1.29 is 9.53 Å². The molecule has 3 aromatic rings. The predicted molar refractivity (Wildman–Crippen MR) is 115 cm³/mol. The first kappa shape index (κ1) is 18.1. The van der Waals surface area contributed by atoms with Crippen molar-refractivity contribution in [2.75, 3.05) is 13.1 Å². The summed E-state index contributed by atoms with van der Waals surface area (Å²) < 4.78 is 9.04. The molecular weight excluding hydrogens is 396 g/mol. The molecule has 1 saturated carbocycles. The highest BCUT2D eigenvalue weighted by molar-refractivity contribution is 7.09. The summed E-state index contributed by atoms with van der Waals surface area (Å²) in [5.74, 6) is 1.68. The van der Waals surface area contributed by atoms with Crippen molar-refractivity contribution >= 4 is 17.2 Å². The van der Waals surface area contributed by atoms with Gasteiger partial charge in [0, 0.05) is 43.4 Å². The molecule has 1 spiro atoms. The summed E-state index contributed by atoms with van der Waals surface area (Å²) in [6.45, 7) is 4.26. The van der Waals surface area contributed by atoms with E-state index in [0.29, 0.717) is 18.8 Å². The highest BCUT2D eigenvalue weighted by atomic mass is 32.1. The second-order valence-corrected chi connectivity index (χ2v) is 9.74. The summed E-state index contributed by atoms with van der Waals surface area (Å²) in [5, 5.41) is 2.78. The molecule has 1 amide bonds. The molecule has 2 aliphatic heterocycles. The number of amides is 1. The van der Waals surface area contributed by atoms with E-state index in [0.717, 1.165) is 47.3 Å². The second kappa shape index (κ2) is 6.67. The smallest absolute Gasteiger partial charge is 0.273 e. The van der Waals surface area contributed by atoms with Gasteiger partial charge in [0.15, 0.2) is 5.60 Å². The first-order valence-electron chi connectivity index (χ1n) is 10.7. The van der Waals surface area contributed by atoms with E-state index in [-0.39, 0.29) is 5.91 Å². The van der Waals surface area contributed by atoms with Gasteiger partial charge in [0.25, 0.3) is 5.91 Å². The monoisotopic (exact) mass is 420 g/mol. The van der Waals surface area contributed by atoms with Crippen molar-refractivity contribution in [1.29, 1.82) is 0 Å². The molecule has 1 aliphatic carbocycles. The average Bonchev–Trinajstić information content (AvgIpc) is 3.30. The van der Waals surface area contributed by atoms with Gasteiger partial charge < -0.3 is 14.2 Å². The van der Waals surface area contributed by atoms with Gasteiger partial charge in [-0.3, -0.25) is 4.79 Å². The first-order valence-corrected chi connectivity index (χ1v) is 11.6. The number of thiazole rings is 1. The fraction of sp³-hybridized carbons (Fsp3) is 0.435. The van der Waals surface area contributed by atoms with Gasteiger partial charge in [-0.05, 0) is 37.8 Å². The molecule has 1 saturated heterocycles. The molecule has 7 heteroatoms. The van der Waals surface area contributed by atoms with Crippen LogP contribution < -0.4 is 4.74 Å². The first-order chi connectivity index (χ1) is 14.6. The molecule has 6 rings (SSSR count). The van der Waals surface area contributed by atoms with Crippen LogP contribution in [0.1, 0.15) is 46.9 Å². The lowest BCUT2D eigenvalue weighted by molar-refractivity contribution is -0.00757. The van der Waals surface area contributed by atoms with Gasteiger partial charge in [-0.25, -0.2) is 9.97 Å². The zero-order chi connectivity index (χ0) is 20.3. The fourth-order valence-electron chi connectivity index (χ4n) is 4.82. The summed E-state index contributed by atoms with van der Waals surface area (Å²) in [6, 6.07) is 8.19. The predicted octanol–water partition coefficient (Wildman–Crippen LogP) is 4.25. The number of ether oxygens (including phenoxy) is 1. The van der Waals surface area contributed by atoms with Crippen LogP contribution in [-0.4, -0.2) is 38.4 Å². The Hall–Kier alpha value is -2.67. The quantitative estimate of drug-likeness (QED) is 0.636. The van der Waals surface area contributed by atoms with Gasteiger partial charge in [0.2, 0.25) is 0 Å². The Bertz CT molecular complexity index is 1120. The number of carbonyl (C=O) groups is 1. The Kier molecular flexibility index (Phi) is 4.03. The maximum absolute atomic E-state index is 12.9. The van der Waals surface area contributed by atoms with E-state index in [1.165, 1.54) is 29.9 Å². The van der Waals surface area contributed by atoms with Gasteiger partial charge in [-0.15, -0.1) is 11.3 Å². The van der Waals surface area contributed by atoms with Crippen molar-refractivity contribution in [2.45, 2.75) is 44.8 Å². The van der Waals surface area contributed by atoms with Gasteiger partial charge in [0.05, 0.1) is 22.7 Å². The molecule has 6 nitrogen and oxygen atoms in total. The van der Waals surface area contributed by atoms with Crippen LogP contribution in [-0.2, 0) is 12.1 Å². The molecule has 0 unspecified atom stereocenters. The highest BCUT2D eigenvalue weighted by Gasteiger charge is 2.47. The van der Waals surface area contributed by atoms with Gasteiger partial charge in [-0.2, -0.15) is 0 Å². The molecule has 30 heavy (non-hydrogen) atoms. The lowest BCUT2D eigenvalue weighted by Crippen LogP contribution is -2.50. The number of hydrogen-bond acceptors (Lipinski definition) is 5. The standard InChI is InChI=1S/C23H24N4O2S/c1-15-25-18(13-30-15)22(28)26-10-8-23(9-11-26)21-20(17-4-2-3-5-19(17)29-23)24-14-27(21)12-16-6-7-16/h2-5,13-14,16H,6-12H2,1H3. The van der Waals surface area contributed by atoms with Crippen LogP contribution in [0.3, 0.4) is 0 Å². The lowest BCUT2D eigenvalue weighted by atomic mass is 9.83. The normalized spacial score (nSPS) is 19.3. The van der Waals surface area contributed by atoms with E-state index < -0.39 is 5.60 Å². The molecule has 0 bridgehead atoms. The number of rotatable bonds is 3. The number of likely N-dealkylation sites (tertiary alicyclic amines) is 1. The summed E-state index contributed by atoms with van der Waals surface area (Å²) in [7, 11) is 0. The maximum atomic E-state index is 12.9. The molecule has 0 N–H and O–H groups in total. The van der Waals surface area contributed by atoms with E-state index in [2.05, 4.69) is 15.6 Å². The Morgan fingerprint density at radius 2 is 2.07 bits per heavy atom. The third kappa shape index (κ3) is 2.87. The summed E-state index contributed by atoms with van der Waals surface area (Å²) in [6.07, 6.45) is 6.12. The topological polar surface area (TPSA) is 60.3 Å².